The lowest BCUT2D eigenvalue weighted by Crippen LogP contribution is -3.00. The van der Waals surface area contributed by atoms with Gasteiger partial charge in [0.1, 0.15) is 0 Å². The van der Waals surface area contributed by atoms with Gasteiger partial charge in [-0.05, 0) is 61.1 Å². The molecule has 0 spiro atoms. The number of nitrogens with zero attached hydrogens (tertiary/aromatic N) is 2. The molecule has 0 atom stereocenters. The van der Waals surface area contributed by atoms with Crippen molar-refractivity contribution >= 4 is 34.2 Å². The highest BCUT2D eigenvalue weighted by molar-refractivity contribution is 14.1. The molecule has 0 bridgehead atoms. The first-order valence-electron chi connectivity index (χ1n) is 7.65. The summed E-state index contributed by atoms with van der Waals surface area (Å²) in [5, 5.41) is 1.09. The molecule has 0 amide bonds. The fourth-order valence-electron chi connectivity index (χ4n) is 2.00. The third kappa shape index (κ3) is 19.3. The van der Waals surface area contributed by atoms with Crippen molar-refractivity contribution in [3.63, 3.8) is 0 Å². The summed E-state index contributed by atoms with van der Waals surface area (Å²) in [4.78, 5) is 0. The molecule has 0 aliphatic carbocycles. The molecule has 0 saturated heterocycles. The van der Waals surface area contributed by atoms with Crippen LogP contribution in [-0.2, 0) is 0 Å². The van der Waals surface area contributed by atoms with Crippen LogP contribution < -0.4 is 24.8 Å². The Kier molecular flexibility index (Phi) is 17.3. The largest absolute Gasteiger partial charge is 1.00 e. The van der Waals surface area contributed by atoms with E-state index in [1.54, 1.807) is 0 Å². The summed E-state index contributed by atoms with van der Waals surface area (Å²) in [5.74, 6) is 0. The van der Waals surface area contributed by atoms with Crippen molar-refractivity contribution in [2.75, 3.05) is 55.4 Å². The molecule has 6 heteroatoms. The van der Waals surface area contributed by atoms with Gasteiger partial charge in [0, 0.05) is 8.61 Å². The van der Waals surface area contributed by atoms with Gasteiger partial charge >= 0.3 is 0 Å². The Morgan fingerprint density at radius 2 is 1.09 bits per heavy atom. The molecule has 0 fully saturated rings. The maximum atomic E-state index is 6.41. The zero-order valence-corrected chi connectivity index (χ0v) is 19.5. The minimum absolute atomic E-state index is 0. The molecule has 0 saturated carbocycles. The molecular formula is C16H34Cl3IN2. The Morgan fingerprint density at radius 3 is 1.45 bits per heavy atom. The van der Waals surface area contributed by atoms with E-state index >= 15 is 0 Å². The molecule has 2 nitrogen and oxygen atoms in total. The Labute approximate surface area is 169 Å². The Bertz CT molecular complexity index is 277. The minimum Gasteiger partial charge on any atom is -1.00 e. The quantitative estimate of drug-likeness (QED) is 0.203. The zero-order chi connectivity index (χ0) is 15.8. The van der Waals surface area contributed by atoms with Gasteiger partial charge in [0.05, 0.1) is 55.4 Å². The summed E-state index contributed by atoms with van der Waals surface area (Å²) in [7, 11) is 13.5. The molecule has 0 unspecified atom stereocenters. The second kappa shape index (κ2) is 13.5. The van der Waals surface area contributed by atoms with Gasteiger partial charge in [-0.3, -0.25) is 0 Å². The van der Waals surface area contributed by atoms with Crippen LogP contribution in [0.4, 0.5) is 0 Å². The molecule has 0 aromatic rings. The van der Waals surface area contributed by atoms with Gasteiger partial charge in [-0.1, -0.05) is 11.6 Å². The summed E-state index contributed by atoms with van der Waals surface area (Å²) < 4.78 is 3.47. The first kappa shape index (κ1) is 28.1. The van der Waals surface area contributed by atoms with E-state index in [4.69, 9.17) is 11.6 Å². The molecule has 0 aliphatic rings. The summed E-state index contributed by atoms with van der Waals surface area (Å²) in [5.41, 5.74) is 0. The van der Waals surface area contributed by atoms with E-state index in [0.29, 0.717) is 0 Å². The molecule has 0 aliphatic heterocycles. The van der Waals surface area contributed by atoms with Crippen molar-refractivity contribution in [3.05, 3.63) is 8.61 Å². The highest BCUT2D eigenvalue weighted by Crippen LogP contribution is 2.26. The van der Waals surface area contributed by atoms with E-state index < -0.39 is 0 Å². The van der Waals surface area contributed by atoms with Crippen LogP contribution >= 0.6 is 34.2 Å². The van der Waals surface area contributed by atoms with Crippen molar-refractivity contribution in [2.24, 2.45) is 0 Å². The van der Waals surface area contributed by atoms with Crippen LogP contribution in [0.2, 0.25) is 0 Å². The van der Waals surface area contributed by atoms with Crippen LogP contribution in [0.25, 0.3) is 0 Å². The molecule has 0 rings (SSSR count). The van der Waals surface area contributed by atoms with Crippen LogP contribution in [0.3, 0.4) is 0 Å². The fourth-order valence-corrected chi connectivity index (χ4v) is 2.88. The van der Waals surface area contributed by atoms with Gasteiger partial charge in [0.2, 0.25) is 0 Å². The first-order valence-corrected chi connectivity index (χ1v) is 9.11. The highest BCUT2D eigenvalue weighted by atomic mass is 127. The smallest absolute Gasteiger partial charge is 0.0780 e. The summed E-state index contributed by atoms with van der Waals surface area (Å²) in [6.45, 7) is 2.47. The number of unbranched alkanes of at least 4 members (excludes halogenated alkanes) is 2. The highest BCUT2D eigenvalue weighted by Gasteiger charge is 2.09. The average molecular weight is 488 g/mol. The van der Waals surface area contributed by atoms with Crippen molar-refractivity contribution < 1.29 is 33.8 Å². The van der Waals surface area contributed by atoms with E-state index in [-0.39, 0.29) is 24.8 Å². The third-order valence-corrected chi connectivity index (χ3v) is 5.17. The molecule has 0 N–H and O–H groups in total. The van der Waals surface area contributed by atoms with Crippen LogP contribution in [0, 0.1) is 0 Å². The number of rotatable bonds is 10. The number of hydrogen-bond donors (Lipinski definition) is 0. The molecule has 22 heavy (non-hydrogen) atoms. The standard InChI is InChI=1S/C16H34ClIN2.2ClH/c1-19(2,3)13-9-7-11-15(17)16(18)12-8-10-14-20(4,5)6;;/h7-14H2,1-6H3;2*1H/q+2;;/p-2/b16-15+;;. The molecular weight excluding hydrogens is 453 g/mol. The van der Waals surface area contributed by atoms with Gasteiger partial charge in [0.25, 0.3) is 0 Å². The second-order valence-corrected chi connectivity index (χ2v) is 9.51. The molecule has 0 aromatic heterocycles. The van der Waals surface area contributed by atoms with Gasteiger partial charge < -0.3 is 33.8 Å². The zero-order valence-electron chi connectivity index (χ0n) is 15.1. The van der Waals surface area contributed by atoms with Crippen LogP contribution in [0.15, 0.2) is 8.61 Å². The van der Waals surface area contributed by atoms with E-state index in [1.807, 2.05) is 0 Å². The van der Waals surface area contributed by atoms with Gasteiger partial charge in [-0.15, -0.1) is 0 Å². The lowest BCUT2D eigenvalue weighted by atomic mass is 10.1. The number of halogens is 4. The lowest BCUT2D eigenvalue weighted by molar-refractivity contribution is -0.870. The normalized spacial score (nSPS) is 13.1. The summed E-state index contributed by atoms with van der Waals surface area (Å²) in [6, 6.07) is 0. The van der Waals surface area contributed by atoms with E-state index in [0.717, 1.165) is 26.8 Å². The average Bonchev–Trinajstić information content (AvgIpc) is 2.27. The van der Waals surface area contributed by atoms with Gasteiger partial charge in [-0.25, -0.2) is 0 Å². The predicted octanol–water partition coefficient (Wildman–Crippen LogP) is -1.37. The molecule has 0 aromatic carbocycles. The summed E-state index contributed by atoms with van der Waals surface area (Å²) >= 11 is 8.85. The first-order chi connectivity index (χ1) is 9.01. The van der Waals surface area contributed by atoms with E-state index in [9.17, 15) is 0 Å². The molecule has 136 valence electrons. The topological polar surface area (TPSA) is 0 Å². The van der Waals surface area contributed by atoms with E-state index in [2.05, 4.69) is 64.9 Å². The lowest BCUT2D eigenvalue weighted by Gasteiger charge is -2.23. The van der Waals surface area contributed by atoms with Gasteiger partial charge in [-0.2, -0.15) is 0 Å². The van der Waals surface area contributed by atoms with Crippen LogP contribution in [0.5, 0.6) is 0 Å². The Balaban J connectivity index is -0.00000180. The maximum absolute atomic E-state index is 6.41. The Morgan fingerprint density at radius 1 is 0.727 bits per heavy atom. The minimum atomic E-state index is 0. The molecule has 0 radical (unpaired) electrons. The Hall–Kier alpha value is 1.26. The van der Waals surface area contributed by atoms with Gasteiger partial charge in [0.15, 0.2) is 0 Å². The van der Waals surface area contributed by atoms with Crippen LogP contribution in [-0.4, -0.2) is 64.3 Å². The number of quaternary nitrogens is 2. The second-order valence-electron chi connectivity index (χ2n) is 7.75. The number of allylic oxidation sites excluding steroid dienone is 2. The van der Waals surface area contributed by atoms with Crippen molar-refractivity contribution in [3.8, 4) is 0 Å². The third-order valence-electron chi connectivity index (χ3n) is 3.24. The van der Waals surface area contributed by atoms with Crippen LogP contribution in [0.1, 0.15) is 38.5 Å². The maximum Gasteiger partial charge on any atom is 0.0780 e. The fraction of sp³-hybridized carbons (Fsp3) is 0.875. The SMILES string of the molecule is C[N+](C)(C)CCCC/C(Cl)=C(\I)CCCC[N+](C)(C)C.[Cl-].[Cl-]. The predicted molar refractivity (Wildman–Crippen MR) is 100 cm³/mol. The monoisotopic (exact) mass is 486 g/mol. The van der Waals surface area contributed by atoms with Crippen molar-refractivity contribution in [1.29, 1.82) is 0 Å². The van der Waals surface area contributed by atoms with Crippen molar-refractivity contribution in [1.82, 2.24) is 0 Å². The number of hydrogen-bond acceptors (Lipinski definition) is 0. The van der Waals surface area contributed by atoms with E-state index in [1.165, 1.54) is 42.4 Å². The van der Waals surface area contributed by atoms with Crippen molar-refractivity contribution in [2.45, 2.75) is 38.5 Å². The molecule has 0 heterocycles. The summed E-state index contributed by atoms with van der Waals surface area (Å²) in [6.07, 6.45) is 7.19.